The van der Waals surface area contributed by atoms with E-state index >= 15 is 0 Å². The lowest BCUT2D eigenvalue weighted by molar-refractivity contribution is -0.161. The molecule has 0 aromatic heterocycles. The van der Waals surface area contributed by atoms with Crippen LogP contribution in [0.2, 0.25) is 0 Å². The van der Waals surface area contributed by atoms with Crippen LogP contribution in [0.3, 0.4) is 0 Å². The van der Waals surface area contributed by atoms with Gasteiger partial charge in [0.25, 0.3) is 0 Å². The molecule has 3 N–H and O–H groups in total. The number of allylic oxidation sites excluding steroid dienone is 10. The zero-order valence-corrected chi connectivity index (χ0v) is 48.5. The van der Waals surface area contributed by atoms with Crippen LogP contribution < -0.4 is 5.73 Å². The largest absolute Gasteiger partial charge is 0.472 e. The highest BCUT2D eigenvalue weighted by atomic mass is 31.2. The van der Waals surface area contributed by atoms with Crippen molar-refractivity contribution in [3.63, 3.8) is 0 Å². The van der Waals surface area contributed by atoms with E-state index in [1.807, 2.05) is 0 Å². The first kappa shape index (κ1) is 70.7. The number of carbonyl (C=O) groups is 2. The third-order valence-electron chi connectivity index (χ3n) is 13.4. The minimum atomic E-state index is -4.39. The van der Waals surface area contributed by atoms with Gasteiger partial charge < -0.3 is 20.1 Å². The molecule has 0 saturated carbocycles. The summed E-state index contributed by atoms with van der Waals surface area (Å²) in [6.45, 7) is 3.67. The number of hydrogen-bond donors (Lipinski definition) is 2. The van der Waals surface area contributed by atoms with Crippen LogP contribution >= 0.6 is 7.82 Å². The highest BCUT2D eigenvalue weighted by Gasteiger charge is 2.26. The van der Waals surface area contributed by atoms with Gasteiger partial charge in [-0.3, -0.25) is 18.6 Å². The number of unbranched alkanes of at least 4 members (excludes halogenated alkanes) is 35. The average molecular weight is 1050 g/mol. The third-order valence-corrected chi connectivity index (χ3v) is 14.4. The molecular formula is C63H116NO8P. The van der Waals surface area contributed by atoms with Crippen LogP contribution in [0.1, 0.15) is 296 Å². The van der Waals surface area contributed by atoms with Crippen molar-refractivity contribution in [2.24, 2.45) is 5.73 Å². The molecule has 0 heterocycles. The Morgan fingerprint density at radius 1 is 0.425 bits per heavy atom. The Morgan fingerprint density at radius 3 is 1.14 bits per heavy atom. The second-order valence-corrected chi connectivity index (χ2v) is 22.0. The number of ether oxygens (including phenoxy) is 2. The lowest BCUT2D eigenvalue weighted by atomic mass is 10.0. The molecule has 9 nitrogen and oxygen atoms in total. The fourth-order valence-corrected chi connectivity index (χ4v) is 9.63. The maximum Gasteiger partial charge on any atom is 0.472 e. The molecule has 73 heavy (non-hydrogen) atoms. The van der Waals surface area contributed by atoms with Crippen molar-refractivity contribution in [2.75, 3.05) is 26.4 Å². The van der Waals surface area contributed by atoms with Crippen molar-refractivity contribution in [3.8, 4) is 0 Å². The second-order valence-electron chi connectivity index (χ2n) is 20.5. The van der Waals surface area contributed by atoms with E-state index in [1.165, 1.54) is 205 Å². The average Bonchev–Trinajstić information content (AvgIpc) is 3.38. The van der Waals surface area contributed by atoms with E-state index in [1.54, 1.807) is 0 Å². The fraction of sp³-hybridized carbons (Fsp3) is 0.810. The first-order chi connectivity index (χ1) is 35.8. The van der Waals surface area contributed by atoms with Crippen LogP contribution in [0.15, 0.2) is 60.8 Å². The highest BCUT2D eigenvalue weighted by molar-refractivity contribution is 7.47. The van der Waals surface area contributed by atoms with Gasteiger partial charge in [0.2, 0.25) is 0 Å². The smallest absolute Gasteiger partial charge is 0.462 e. The molecule has 2 unspecified atom stereocenters. The van der Waals surface area contributed by atoms with Crippen molar-refractivity contribution in [1.82, 2.24) is 0 Å². The maximum absolute atomic E-state index is 12.7. The van der Waals surface area contributed by atoms with E-state index in [-0.39, 0.29) is 38.6 Å². The minimum Gasteiger partial charge on any atom is -0.462 e. The molecule has 0 aromatic rings. The standard InChI is InChI=1S/C63H116NO8P/c1-3-5-7-9-11-13-15-17-19-21-23-24-25-26-27-28-29-30-31-32-33-34-35-36-38-40-42-44-46-48-50-52-54-56-63(66)72-61(60-71-73(67,68)70-58-57-64)59-69-62(65)55-53-51-49-47-45-43-41-39-37-22-20-18-16-14-12-10-8-6-4-2/h5,7,11,13,17-20,23-24,61H,3-4,6,8-10,12,14-16,21-22,25-60,64H2,1-2H3,(H,67,68)/b7-5-,13-11-,19-17-,20-18-,24-23-. The molecule has 0 saturated heterocycles. The second kappa shape index (κ2) is 59.0. The van der Waals surface area contributed by atoms with Crippen LogP contribution in [-0.2, 0) is 32.7 Å². The lowest BCUT2D eigenvalue weighted by Gasteiger charge is -2.19. The topological polar surface area (TPSA) is 134 Å². The summed E-state index contributed by atoms with van der Waals surface area (Å²) in [6.07, 6.45) is 74.3. The van der Waals surface area contributed by atoms with Gasteiger partial charge in [-0.1, -0.05) is 267 Å². The van der Waals surface area contributed by atoms with E-state index in [0.717, 1.165) is 57.8 Å². The zero-order valence-electron chi connectivity index (χ0n) is 47.6. The van der Waals surface area contributed by atoms with Crippen molar-refractivity contribution in [2.45, 2.75) is 302 Å². The molecule has 0 aliphatic carbocycles. The van der Waals surface area contributed by atoms with Gasteiger partial charge in [0.05, 0.1) is 13.2 Å². The summed E-state index contributed by atoms with van der Waals surface area (Å²) in [6, 6.07) is 0. The fourth-order valence-electron chi connectivity index (χ4n) is 8.86. The molecular weight excluding hydrogens is 930 g/mol. The quantitative estimate of drug-likeness (QED) is 0.0264. The van der Waals surface area contributed by atoms with Crippen molar-refractivity contribution >= 4 is 19.8 Å². The van der Waals surface area contributed by atoms with Gasteiger partial charge in [0.15, 0.2) is 6.10 Å². The van der Waals surface area contributed by atoms with Crippen LogP contribution in [0, 0.1) is 0 Å². The van der Waals surface area contributed by atoms with Crippen molar-refractivity contribution < 1.29 is 37.6 Å². The molecule has 426 valence electrons. The predicted octanol–water partition coefficient (Wildman–Crippen LogP) is 19.5. The van der Waals surface area contributed by atoms with Crippen LogP contribution in [0.4, 0.5) is 0 Å². The van der Waals surface area contributed by atoms with E-state index in [2.05, 4.69) is 74.6 Å². The molecule has 2 atom stereocenters. The molecule has 0 radical (unpaired) electrons. The number of nitrogens with two attached hydrogens (primary N) is 1. The van der Waals surface area contributed by atoms with Crippen molar-refractivity contribution in [3.05, 3.63) is 60.8 Å². The normalized spacial score (nSPS) is 13.4. The number of esters is 2. The summed E-state index contributed by atoms with van der Waals surface area (Å²) in [4.78, 5) is 35.2. The van der Waals surface area contributed by atoms with Gasteiger partial charge in [-0.15, -0.1) is 0 Å². The van der Waals surface area contributed by atoms with Crippen LogP contribution in [0.5, 0.6) is 0 Å². The molecule has 10 heteroatoms. The molecule has 0 aromatic carbocycles. The Morgan fingerprint density at radius 2 is 0.753 bits per heavy atom. The van der Waals surface area contributed by atoms with Crippen LogP contribution in [-0.4, -0.2) is 49.3 Å². The maximum atomic E-state index is 12.7. The zero-order chi connectivity index (χ0) is 53.1. The van der Waals surface area contributed by atoms with Gasteiger partial charge in [-0.25, -0.2) is 4.57 Å². The summed E-state index contributed by atoms with van der Waals surface area (Å²) in [7, 11) is -4.39. The molecule has 0 bridgehead atoms. The Bertz CT molecular complexity index is 1380. The van der Waals surface area contributed by atoms with E-state index in [9.17, 15) is 19.0 Å². The number of carbonyl (C=O) groups excluding carboxylic acids is 2. The SMILES string of the molecule is CC/C=C\C/C=C\C/C=C\C/C=C\CCCCCCCCCCCCCCCCCCCCCCC(=O)OC(COC(=O)CCCCCCCCCCC/C=C\CCCCCCCC)COP(=O)(O)OCCN. The first-order valence-electron chi connectivity index (χ1n) is 30.8. The summed E-state index contributed by atoms with van der Waals surface area (Å²) in [5.41, 5.74) is 5.39. The minimum absolute atomic E-state index is 0.0537. The summed E-state index contributed by atoms with van der Waals surface area (Å²) < 4.78 is 33.1. The summed E-state index contributed by atoms with van der Waals surface area (Å²) in [5, 5.41) is 0. The van der Waals surface area contributed by atoms with Crippen LogP contribution in [0.25, 0.3) is 0 Å². The van der Waals surface area contributed by atoms with Gasteiger partial charge in [0.1, 0.15) is 6.61 Å². The Kier molecular flexibility index (Phi) is 57.1. The van der Waals surface area contributed by atoms with E-state index in [4.69, 9.17) is 24.3 Å². The van der Waals surface area contributed by atoms with E-state index in [0.29, 0.717) is 6.42 Å². The Balaban J connectivity index is 3.87. The third kappa shape index (κ3) is 58.8. The summed E-state index contributed by atoms with van der Waals surface area (Å²) >= 11 is 0. The molecule has 0 fully saturated rings. The highest BCUT2D eigenvalue weighted by Crippen LogP contribution is 2.43. The molecule has 0 aliphatic heterocycles. The number of phosphoric acid groups is 1. The molecule has 0 amide bonds. The molecule has 0 rings (SSSR count). The Labute approximate surface area is 450 Å². The predicted molar refractivity (Wildman–Crippen MR) is 312 cm³/mol. The monoisotopic (exact) mass is 1050 g/mol. The van der Waals surface area contributed by atoms with Gasteiger partial charge in [-0.2, -0.15) is 0 Å². The van der Waals surface area contributed by atoms with Gasteiger partial charge >= 0.3 is 19.8 Å². The lowest BCUT2D eigenvalue weighted by Crippen LogP contribution is -2.29. The van der Waals surface area contributed by atoms with E-state index < -0.39 is 26.5 Å². The molecule has 0 spiro atoms. The number of rotatable bonds is 58. The number of phosphoric ester groups is 1. The van der Waals surface area contributed by atoms with Gasteiger partial charge in [0, 0.05) is 19.4 Å². The van der Waals surface area contributed by atoms with Crippen molar-refractivity contribution in [1.29, 1.82) is 0 Å². The summed E-state index contributed by atoms with van der Waals surface area (Å²) in [5.74, 6) is -0.817. The molecule has 0 aliphatic rings. The van der Waals surface area contributed by atoms with Gasteiger partial charge in [-0.05, 0) is 77.0 Å². The number of hydrogen-bond acceptors (Lipinski definition) is 8. The Hall–Kier alpha value is -2.29. The first-order valence-corrected chi connectivity index (χ1v) is 32.3.